The summed E-state index contributed by atoms with van der Waals surface area (Å²) in [5, 5.41) is 5.18. The van der Waals surface area contributed by atoms with Crippen molar-refractivity contribution in [1.82, 2.24) is 24.2 Å². The van der Waals surface area contributed by atoms with Crippen LogP contribution in [0, 0.1) is 0 Å². The fraction of sp³-hybridized carbons (Fsp3) is 0.529. The molecule has 4 N–H and O–H groups in total. The Morgan fingerprint density at radius 1 is 0.939 bits per heavy atom. The number of hydrogen-bond acceptors (Lipinski definition) is 10. The number of anilines is 3. The molecule has 2 aliphatic heterocycles. The number of nitrogen functional groups attached to an aromatic ring is 1. The Bertz CT molecular complexity index is 1120. The Labute approximate surface area is 187 Å². The van der Waals surface area contributed by atoms with Crippen LogP contribution in [0.4, 0.5) is 30.9 Å². The number of halogens is 3. The van der Waals surface area contributed by atoms with E-state index in [9.17, 15) is 21.6 Å². The number of nitrogens with two attached hydrogens (primary N) is 2. The van der Waals surface area contributed by atoms with Crippen LogP contribution in [0.25, 0.3) is 11.4 Å². The fourth-order valence-electron chi connectivity index (χ4n) is 3.55. The molecule has 2 aromatic rings. The highest BCUT2D eigenvalue weighted by molar-refractivity contribution is 7.86. The zero-order valence-electron chi connectivity index (χ0n) is 17.4. The number of ether oxygens (including phenoxy) is 1. The number of pyridine rings is 1. The summed E-state index contributed by atoms with van der Waals surface area (Å²) in [5.41, 5.74) is 4.14. The lowest BCUT2D eigenvalue weighted by atomic mass is 10.1. The molecule has 0 spiro atoms. The van der Waals surface area contributed by atoms with Crippen LogP contribution in [0.5, 0.6) is 0 Å². The van der Waals surface area contributed by atoms with E-state index in [0.29, 0.717) is 26.3 Å². The molecule has 2 fully saturated rings. The monoisotopic (exact) mass is 489 g/mol. The van der Waals surface area contributed by atoms with E-state index < -0.39 is 21.9 Å². The number of aromatic nitrogens is 4. The average Bonchev–Trinajstić information content (AvgIpc) is 2.78. The van der Waals surface area contributed by atoms with Gasteiger partial charge in [0.2, 0.25) is 11.9 Å². The van der Waals surface area contributed by atoms with Crippen molar-refractivity contribution in [2.24, 2.45) is 5.14 Å². The molecule has 0 aromatic carbocycles. The second-order valence-electron chi connectivity index (χ2n) is 7.44. The Kier molecular flexibility index (Phi) is 6.26. The lowest BCUT2D eigenvalue weighted by Gasteiger charge is -2.34. The zero-order valence-corrected chi connectivity index (χ0v) is 18.2. The molecule has 2 aromatic heterocycles. The van der Waals surface area contributed by atoms with Gasteiger partial charge < -0.3 is 20.3 Å². The highest BCUT2D eigenvalue weighted by Crippen LogP contribution is 2.37. The maximum Gasteiger partial charge on any atom is 0.417 e. The third kappa shape index (κ3) is 5.23. The highest BCUT2D eigenvalue weighted by atomic mass is 32.2. The number of rotatable bonds is 4. The van der Waals surface area contributed by atoms with Crippen LogP contribution < -0.4 is 20.7 Å². The van der Waals surface area contributed by atoms with Crippen molar-refractivity contribution < 1.29 is 26.3 Å². The Hall–Kier alpha value is -2.82. The van der Waals surface area contributed by atoms with E-state index in [1.165, 1.54) is 0 Å². The molecule has 0 bridgehead atoms. The third-order valence-corrected chi connectivity index (χ3v) is 6.34. The molecule has 16 heteroatoms. The number of morpholine rings is 1. The van der Waals surface area contributed by atoms with Gasteiger partial charge in [-0.2, -0.15) is 40.8 Å². The fourth-order valence-corrected chi connectivity index (χ4v) is 4.22. The van der Waals surface area contributed by atoms with E-state index in [1.54, 1.807) is 9.80 Å². The van der Waals surface area contributed by atoms with Crippen LogP contribution in [0.1, 0.15) is 5.56 Å². The van der Waals surface area contributed by atoms with Crippen molar-refractivity contribution in [2.75, 3.05) is 68.0 Å². The topological polar surface area (TPSA) is 157 Å². The van der Waals surface area contributed by atoms with Crippen molar-refractivity contribution in [2.45, 2.75) is 6.18 Å². The molecule has 0 amide bonds. The SMILES string of the molecule is Nc1cc(C(F)(F)F)c(-c2nc(N3CCOCC3)nc(N3CCN(S(N)(=O)=O)CC3)n2)cn1. The van der Waals surface area contributed by atoms with Gasteiger partial charge in [0.25, 0.3) is 10.2 Å². The molecule has 4 rings (SSSR count). The predicted molar refractivity (Wildman–Crippen MR) is 112 cm³/mol. The standard InChI is InChI=1S/C17H22F3N9O3S/c18-17(19,20)12-9-13(21)23-10-11(12)14-24-15(26-16(25-14)28-5-7-32-8-6-28)27-1-3-29(4-2-27)33(22,30)31/h9-10H,1-8H2,(H2,21,23)(H2,22,30,31). The Morgan fingerprint density at radius 3 is 2.06 bits per heavy atom. The van der Waals surface area contributed by atoms with Crippen LogP contribution in [-0.2, 0) is 21.1 Å². The summed E-state index contributed by atoms with van der Waals surface area (Å²) in [6.45, 7) is 2.32. The summed E-state index contributed by atoms with van der Waals surface area (Å²) in [6, 6.07) is 0.734. The van der Waals surface area contributed by atoms with Crippen molar-refractivity contribution in [3.63, 3.8) is 0 Å². The molecule has 4 heterocycles. The van der Waals surface area contributed by atoms with E-state index in [1.807, 2.05) is 0 Å². The second-order valence-corrected chi connectivity index (χ2v) is 8.99. The van der Waals surface area contributed by atoms with Crippen molar-refractivity contribution >= 4 is 27.9 Å². The largest absolute Gasteiger partial charge is 0.417 e. The van der Waals surface area contributed by atoms with Crippen LogP contribution in [-0.4, -0.2) is 85.1 Å². The van der Waals surface area contributed by atoms with Crippen molar-refractivity contribution in [3.05, 3.63) is 17.8 Å². The lowest BCUT2D eigenvalue weighted by Crippen LogP contribution is -2.51. The summed E-state index contributed by atoms with van der Waals surface area (Å²) in [6.07, 6.45) is -3.72. The van der Waals surface area contributed by atoms with Gasteiger partial charge in [-0.1, -0.05) is 0 Å². The Morgan fingerprint density at radius 2 is 1.52 bits per heavy atom. The first-order chi connectivity index (χ1) is 15.5. The lowest BCUT2D eigenvalue weighted by molar-refractivity contribution is -0.137. The molecule has 0 atom stereocenters. The summed E-state index contributed by atoms with van der Waals surface area (Å²) < 4.78 is 70.8. The molecular weight excluding hydrogens is 467 g/mol. The van der Waals surface area contributed by atoms with Gasteiger partial charge in [-0.15, -0.1) is 0 Å². The third-order valence-electron chi connectivity index (χ3n) is 5.26. The molecule has 0 saturated carbocycles. The zero-order chi connectivity index (χ0) is 23.8. The van der Waals surface area contributed by atoms with Gasteiger partial charge in [0.05, 0.1) is 24.3 Å². The van der Waals surface area contributed by atoms with Gasteiger partial charge in [-0.05, 0) is 6.07 Å². The van der Waals surface area contributed by atoms with E-state index in [0.717, 1.165) is 16.6 Å². The van der Waals surface area contributed by atoms with Crippen LogP contribution in [0.15, 0.2) is 12.3 Å². The van der Waals surface area contributed by atoms with Gasteiger partial charge in [-0.25, -0.2) is 10.1 Å². The highest BCUT2D eigenvalue weighted by Gasteiger charge is 2.36. The normalized spacial score (nSPS) is 18.5. The smallest absolute Gasteiger partial charge is 0.384 e. The minimum absolute atomic E-state index is 0.0873. The van der Waals surface area contributed by atoms with Crippen LogP contribution >= 0.6 is 0 Å². The summed E-state index contributed by atoms with van der Waals surface area (Å²) >= 11 is 0. The van der Waals surface area contributed by atoms with E-state index >= 15 is 0 Å². The molecular formula is C17H22F3N9O3S. The van der Waals surface area contributed by atoms with Gasteiger partial charge in [0.15, 0.2) is 5.82 Å². The summed E-state index contributed by atoms with van der Waals surface area (Å²) in [5.74, 6) is -0.180. The van der Waals surface area contributed by atoms with E-state index in [-0.39, 0.29) is 55.3 Å². The number of piperazine rings is 1. The molecule has 2 saturated heterocycles. The molecule has 12 nitrogen and oxygen atoms in total. The van der Waals surface area contributed by atoms with Gasteiger partial charge in [-0.3, -0.25) is 0 Å². The first-order valence-corrected chi connectivity index (χ1v) is 11.5. The van der Waals surface area contributed by atoms with Crippen molar-refractivity contribution in [3.8, 4) is 11.4 Å². The predicted octanol–water partition coefficient (Wildman–Crippen LogP) is -0.303. The van der Waals surface area contributed by atoms with Gasteiger partial charge in [0, 0.05) is 45.5 Å². The van der Waals surface area contributed by atoms with Crippen LogP contribution in [0.2, 0.25) is 0 Å². The molecule has 0 unspecified atom stereocenters. The Balaban J connectivity index is 1.76. The molecule has 2 aliphatic rings. The first-order valence-electron chi connectivity index (χ1n) is 9.97. The minimum atomic E-state index is -4.71. The van der Waals surface area contributed by atoms with Crippen molar-refractivity contribution in [1.29, 1.82) is 0 Å². The summed E-state index contributed by atoms with van der Waals surface area (Å²) in [7, 11) is -3.85. The first kappa shape index (κ1) is 23.3. The van der Waals surface area contributed by atoms with Gasteiger partial charge in [0.1, 0.15) is 5.82 Å². The van der Waals surface area contributed by atoms with E-state index in [4.69, 9.17) is 15.6 Å². The van der Waals surface area contributed by atoms with Gasteiger partial charge >= 0.3 is 6.18 Å². The second kappa shape index (κ2) is 8.85. The van der Waals surface area contributed by atoms with E-state index in [2.05, 4.69) is 19.9 Å². The maximum absolute atomic E-state index is 13.7. The minimum Gasteiger partial charge on any atom is -0.384 e. The number of hydrogen-bond donors (Lipinski definition) is 2. The quantitative estimate of drug-likeness (QED) is 0.584. The molecule has 33 heavy (non-hydrogen) atoms. The van der Waals surface area contributed by atoms with Crippen LogP contribution in [0.3, 0.4) is 0 Å². The average molecular weight is 489 g/mol. The number of nitrogens with zero attached hydrogens (tertiary/aromatic N) is 7. The molecule has 180 valence electrons. The molecule has 0 radical (unpaired) electrons. The summed E-state index contributed by atoms with van der Waals surface area (Å²) in [4.78, 5) is 20.3. The number of alkyl halides is 3. The maximum atomic E-state index is 13.7. The molecule has 0 aliphatic carbocycles.